The van der Waals surface area contributed by atoms with Crippen molar-refractivity contribution >= 4 is 27.1 Å². The van der Waals surface area contributed by atoms with E-state index in [-0.39, 0.29) is 35.9 Å². The Hall–Kier alpha value is -3.31. The van der Waals surface area contributed by atoms with Gasteiger partial charge in [0.2, 0.25) is 16.8 Å². The molecule has 1 aliphatic rings. The standard InChI is InChI=1S/C18H16N2O8S/c1-25-17(21)9-20-13-4-3-12(7-15(13)28-18(20)22)29(23,24)19-8-11-2-5-14-16(6-11)27-10-26-14/h2-7,19H,8-10H2,1H3. The number of benzene rings is 2. The lowest BCUT2D eigenvalue weighted by Gasteiger charge is -2.08. The molecule has 0 amide bonds. The second kappa shape index (κ2) is 7.26. The molecule has 0 spiro atoms. The van der Waals surface area contributed by atoms with E-state index in [2.05, 4.69) is 9.46 Å². The quantitative estimate of drug-likeness (QED) is 0.585. The third kappa shape index (κ3) is 3.69. The Morgan fingerprint density at radius 2 is 1.97 bits per heavy atom. The van der Waals surface area contributed by atoms with Crippen LogP contribution in [0.2, 0.25) is 0 Å². The number of nitrogens with zero attached hydrogens (tertiary/aromatic N) is 1. The van der Waals surface area contributed by atoms with Gasteiger partial charge >= 0.3 is 11.7 Å². The zero-order valence-electron chi connectivity index (χ0n) is 15.2. The van der Waals surface area contributed by atoms with E-state index in [9.17, 15) is 18.0 Å². The zero-order valence-corrected chi connectivity index (χ0v) is 16.0. The van der Waals surface area contributed by atoms with E-state index >= 15 is 0 Å². The first-order valence-electron chi connectivity index (χ1n) is 8.46. The Bertz CT molecular complexity index is 1260. The minimum absolute atomic E-state index is 0.0321. The van der Waals surface area contributed by atoms with Crippen molar-refractivity contribution in [2.45, 2.75) is 18.0 Å². The van der Waals surface area contributed by atoms with Gasteiger partial charge in [0.25, 0.3) is 0 Å². The number of carbonyl (C=O) groups is 1. The number of hydrogen-bond donors (Lipinski definition) is 1. The molecule has 1 aromatic heterocycles. The van der Waals surface area contributed by atoms with Crippen LogP contribution < -0.4 is 20.0 Å². The Labute approximate surface area is 164 Å². The number of carbonyl (C=O) groups excluding carboxylic acids is 1. The van der Waals surface area contributed by atoms with Gasteiger partial charge in [-0.1, -0.05) is 6.07 Å². The highest BCUT2D eigenvalue weighted by Crippen LogP contribution is 2.32. The number of hydrogen-bond acceptors (Lipinski definition) is 8. The lowest BCUT2D eigenvalue weighted by Crippen LogP contribution is -2.23. The molecule has 1 N–H and O–H groups in total. The van der Waals surface area contributed by atoms with Gasteiger partial charge in [-0.2, -0.15) is 0 Å². The third-order valence-corrected chi connectivity index (χ3v) is 5.77. The van der Waals surface area contributed by atoms with Crippen LogP contribution in [-0.2, 0) is 32.6 Å². The number of sulfonamides is 1. The summed E-state index contributed by atoms with van der Waals surface area (Å²) in [5, 5.41) is 0. The molecule has 0 radical (unpaired) electrons. The number of oxazole rings is 1. The van der Waals surface area contributed by atoms with E-state index in [1.54, 1.807) is 18.2 Å². The summed E-state index contributed by atoms with van der Waals surface area (Å²) in [5.74, 6) is -0.254. The molecular weight excluding hydrogens is 404 g/mol. The maximum atomic E-state index is 12.6. The molecule has 11 heteroatoms. The van der Waals surface area contributed by atoms with Crippen LogP contribution in [0.5, 0.6) is 11.5 Å². The maximum absolute atomic E-state index is 12.6. The summed E-state index contributed by atoms with van der Waals surface area (Å²) in [4.78, 5) is 23.3. The van der Waals surface area contributed by atoms with Crippen molar-refractivity contribution in [3.63, 3.8) is 0 Å². The number of methoxy groups -OCH3 is 1. The number of ether oxygens (including phenoxy) is 3. The van der Waals surface area contributed by atoms with Gasteiger partial charge in [0.1, 0.15) is 6.54 Å². The van der Waals surface area contributed by atoms with E-state index in [4.69, 9.17) is 13.9 Å². The summed E-state index contributed by atoms with van der Waals surface area (Å²) < 4.78 is 48.9. The molecule has 0 aliphatic carbocycles. The predicted octanol–water partition coefficient (Wildman–Crippen LogP) is 0.975. The molecule has 0 fully saturated rings. The van der Waals surface area contributed by atoms with Crippen molar-refractivity contribution in [1.82, 2.24) is 9.29 Å². The fourth-order valence-electron chi connectivity index (χ4n) is 2.87. The molecule has 1 aliphatic heterocycles. The monoisotopic (exact) mass is 420 g/mol. The van der Waals surface area contributed by atoms with Crippen LogP contribution in [0.4, 0.5) is 0 Å². The lowest BCUT2D eigenvalue weighted by atomic mass is 10.2. The van der Waals surface area contributed by atoms with E-state index in [0.717, 1.165) is 4.57 Å². The smallest absolute Gasteiger partial charge is 0.420 e. The molecule has 10 nitrogen and oxygen atoms in total. The molecule has 2 heterocycles. The van der Waals surface area contributed by atoms with Crippen molar-refractivity contribution in [3.05, 3.63) is 52.5 Å². The molecule has 29 heavy (non-hydrogen) atoms. The molecule has 0 unspecified atom stereocenters. The number of nitrogens with one attached hydrogen (secondary N) is 1. The van der Waals surface area contributed by atoms with Crippen LogP contribution in [0.1, 0.15) is 5.56 Å². The van der Waals surface area contributed by atoms with Crippen LogP contribution >= 0.6 is 0 Å². The normalized spacial score (nSPS) is 13.0. The molecule has 152 valence electrons. The Morgan fingerprint density at radius 3 is 2.76 bits per heavy atom. The van der Waals surface area contributed by atoms with Gasteiger partial charge in [-0.05, 0) is 29.8 Å². The summed E-state index contributed by atoms with van der Waals surface area (Å²) in [6.07, 6.45) is 0. The zero-order chi connectivity index (χ0) is 20.6. The average Bonchev–Trinajstić information content (AvgIpc) is 3.29. The van der Waals surface area contributed by atoms with E-state index in [1.165, 1.54) is 25.3 Å². The second-order valence-corrected chi connectivity index (χ2v) is 7.94. The summed E-state index contributed by atoms with van der Waals surface area (Å²) in [7, 11) is -2.68. The summed E-state index contributed by atoms with van der Waals surface area (Å²) in [6, 6.07) is 9.08. The van der Waals surface area contributed by atoms with Crippen LogP contribution in [0.15, 0.2) is 50.5 Å². The van der Waals surface area contributed by atoms with Crippen LogP contribution in [-0.4, -0.2) is 32.9 Å². The number of fused-ring (bicyclic) bond motifs is 2. The fourth-order valence-corrected chi connectivity index (χ4v) is 3.90. The Kier molecular flexibility index (Phi) is 4.76. The molecular formula is C18H16N2O8S. The summed E-state index contributed by atoms with van der Waals surface area (Å²) >= 11 is 0. The molecule has 0 atom stereocenters. The first-order chi connectivity index (χ1) is 13.9. The second-order valence-electron chi connectivity index (χ2n) is 6.17. The number of esters is 1. The molecule has 0 saturated heterocycles. The Morgan fingerprint density at radius 1 is 1.17 bits per heavy atom. The fraction of sp³-hybridized carbons (Fsp3) is 0.222. The van der Waals surface area contributed by atoms with Crippen molar-refractivity contribution in [2.24, 2.45) is 0 Å². The average molecular weight is 420 g/mol. The number of rotatable bonds is 6. The molecule has 4 rings (SSSR count). The molecule has 0 saturated carbocycles. The summed E-state index contributed by atoms with van der Waals surface area (Å²) in [6.45, 7) is -0.174. The molecule has 2 aromatic carbocycles. The minimum Gasteiger partial charge on any atom is -0.468 e. The van der Waals surface area contributed by atoms with Gasteiger partial charge in [-0.3, -0.25) is 9.36 Å². The van der Waals surface area contributed by atoms with E-state index in [0.29, 0.717) is 17.1 Å². The molecule has 3 aromatic rings. The van der Waals surface area contributed by atoms with Gasteiger partial charge in [-0.15, -0.1) is 0 Å². The van der Waals surface area contributed by atoms with Gasteiger partial charge in [0.15, 0.2) is 17.1 Å². The largest absolute Gasteiger partial charge is 0.468 e. The SMILES string of the molecule is COC(=O)Cn1c(=O)oc2cc(S(=O)(=O)NCc3ccc4c(c3)OCO4)ccc21. The first-order valence-corrected chi connectivity index (χ1v) is 9.94. The topological polar surface area (TPSA) is 126 Å². The van der Waals surface area contributed by atoms with Gasteiger partial charge in [-0.25, -0.2) is 17.9 Å². The first kappa shape index (κ1) is 19.0. The van der Waals surface area contributed by atoms with Crippen molar-refractivity contribution < 1.29 is 31.8 Å². The number of aromatic nitrogens is 1. The highest BCUT2D eigenvalue weighted by Gasteiger charge is 2.19. The van der Waals surface area contributed by atoms with Gasteiger partial charge in [0.05, 0.1) is 17.5 Å². The Balaban J connectivity index is 1.56. The highest BCUT2D eigenvalue weighted by atomic mass is 32.2. The summed E-state index contributed by atoms with van der Waals surface area (Å²) in [5.41, 5.74) is 1.02. The molecule has 0 bridgehead atoms. The van der Waals surface area contributed by atoms with E-state index < -0.39 is 21.7 Å². The van der Waals surface area contributed by atoms with Crippen LogP contribution in [0.3, 0.4) is 0 Å². The van der Waals surface area contributed by atoms with Crippen LogP contribution in [0.25, 0.3) is 11.1 Å². The van der Waals surface area contributed by atoms with Gasteiger partial charge < -0.3 is 18.6 Å². The van der Waals surface area contributed by atoms with Crippen molar-refractivity contribution in [3.8, 4) is 11.5 Å². The van der Waals surface area contributed by atoms with E-state index in [1.807, 2.05) is 0 Å². The predicted molar refractivity (Wildman–Crippen MR) is 99.1 cm³/mol. The maximum Gasteiger partial charge on any atom is 0.420 e. The lowest BCUT2D eigenvalue weighted by molar-refractivity contribution is -0.141. The highest BCUT2D eigenvalue weighted by molar-refractivity contribution is 7.89. The van der Waals surface area contributed by atoms with Gasteiger partial charge in [0, 0.05) is 12.6 Å². The third-order valence-electron chi connectivity index (χ3n) is 4.37. The van der Waals surface area contributed by atoms with Crippen molar-refractivity contribution in [1.29, 1.82) is 0 Å². The minimum atomic E-state index is -3.88. The van der Waals surface area contributed by atoms with Crippen LogP contribution in [0, 0.1) is 0 Å². The van der Waals surface area contributed by atoms with Crippen molar-refractivity contribution in [2.75, 3.05) is 13.9 Å².